The van der Waals surface area contributed by atoms with Crippen molar-refractivity contribution in [2.75, 3.05) is 36.0 Å². The molecule has 1 unspecified atom stereocenters. The largest absolute Gasteiger partial charge is 0.443 e. The Labute approximate surface area is 112 Å². The topological polar surface area (TPSA) is 58.8 Å². The standard InChI is InChI=1S/C14H19N3O2/c15-9-13-10-17(14(18)19-13)12-5-3-11(4-6-12)16-7-1-2-8-16/h3-6,13H,1-2,7-10,15H2. The van der Waals surface area contributed by atoms with Gasteiger partial charge in [0, 0.05) is 31.0 Å². The van der Waals surface area contributed by atoms with Crippen LogP contribution in [-0.2, 0) is 4.74 Å². The third kappa shape index (κ3) is 2.38. The van der Waals surface area contributed by atoms with Crippen LogP contribution in [0.3, 0.4) is 0 Å². The van der Waals surface area contributed by atoms with Crippen LogP contribution in [0.25, 0.3) is 0 Å². The number of cyclic esters (lactones) is 1. The molecule has 102 valence electrons. The van der Waals surface area contributed by atoms with Gasteiger partial charge in [0.05, 0.1) is 6.54 Å². The quantitative estimate of drug-likeness (QED) is 0.897. The summed E-state index contributed by atoms with van der Waals surface area (Å²) in [5, 5.41) is 0. The number of nitrogens with two attached hydrogens (primary N) is 1. The molecule has 5 heteroatoms. The lowest BCUT2D eigenvalue weighted by molar-refractivity contribution is 0.145. The van der Waals surface area contributed by atoms with E-state index in [4.69, 9.17) is 10.5 Å². The molecule has 1 aromatic carbocycles. The van der Waals surface area contributed by atoms with Gasteiger partial charge in [-0.05, 0) is 37.1 Å². The predicted molar refractivity (Wildman–Crippen MR) is 74.6 cm³/mol. The number of carbonyl (C=O) groups is 1. The predicted octanol–water partition coefficient (Wildman–Crippen LogP) is 1.57. The Morgan fingerprint density at radius 3 is 2.37 bits per heavy atom. The number of hydrogen-bond donors (Lipinski definition) is 1. The molecule has 2 heterocycles. The Hall–Kier alpha value is -1.75. The average Bonchev–Trinajstić information content (AvgIpc) is 3.08. The van der Waals surface area contributed by atoms with E-state index in [0.717, 1.165) is 18.8 Å². The van der Waals surface area contributed by atoms with Gasteiger partial charge in [0.15, 0.2) is 0 Å². The summed E-state index contributed by atoms with van der Waals surface area (Å²) in [6, 6.07) is 8.11. The number of hydrogen-bond acceptors (Lipinski definition) is 4. The first kappa shape index (κ1) is 12.3. The second-order valence-electron chi connectivity index (χ2n) is 5.06. The van der Waals surface area contributed by atoms with Crippen molar-refractivity contribution in [1.82, 2.24) is 0 Å². The molecule has 1 amide bonds. The molecule has 2 aliphatic heterocycles. The van der Waals surface area contributed by atoms with Crippen LogP contribution in [0.4, 0.5) is 16.2 Å². The van der Waals surface area contributed by atoms with Crippen LogP contribution in [-0.4, -0.2) is 38.4 Å². The van der Waals surface area contributed by atoms with E-state index < -0.39 is 0 Å². The van der Waals surface area contributed by atoms with Crippen LogP contribution >= 0.6 is 0 Å². The molecule has 19 heavy (non-hydrogen) atoms. The van der Waals surface area contributed by atoms with Crippen LogP contribution in [0, 0.1) is 0 Å². The Kier molecular flexibility index (Phi) is 3.29. The zero-order chi connectivity index (χ0) is 13.2. The van der Waals surface area contributed by atoms with Gasteiger partial charge in [0.2, 0.25) is 0 Å². The minimum absolute atomic E-state index is 0.189. The molecular weight excluding hydrogens is 242 g/mol. The number of anilines is 2. The van der Waals surface area contributed by atoms with Crippen LogP contribution in [0.2, 0.25) is 0 Å². The fourth-order valence-electron chi connectivity index (χ4n) is 2.67. The van der Waals surface area contributed by atoms with Gasteiger partial charge in [0.1, 0.15) is 6.10 Å². The molecule has 2 aliphatic rings. The molecule has 2 saturated heterocycles. The van der Waals surface area contributed by atoms with Gasteiger partial charge in [-0.3, -0.25) is 4.90 Å². The number of rotatable bonds is 3. The molecular formula is C14H19N3O2. The van der Waals surface area contributed by atoms with Crippen molar-refractivity contribution in [2.45, 2.75) is 18.9 Å². The summed E-state index contributed by atoms with van der Waals surface area (Å²) in [6.07, 6.45) is 2.03. The third-order valence-corrected chi connectivity index (χ3v) is 3.77. The zero-order valence-electron chi connectivity index (χ0n) is 10.9. The monoisotopic (exact) mass is 261 g/mol. The lowest BCUT2D eigenvalue weighted by atomic mass is 10.2. The minimum Gasteiger partial charge on any atom is -0.443 e. The highest BCUT2D eigenvalue weighted by atomic mass is 16.6. The highest BCUT2D eigenvalue weighted by Crippen LogP contribution is 2.26. The molecule has 3 rings (SSSR count). The summed E-state index contributed by atoms with van der Waals surface area (Å²) >= 11 is 0. The first-order valence-corrected chi connectivity index (χ1v) is 6.81. The number of carbonyl (C=O) groups excluding carboxylic acids is 1. The zero-order valence-corrected chi connectivity index (χ0v) is 10.9. The number of ether oxygens (including phenoxy) is 1. The van der Waals surface area contributed by atoms with E-state index in [-0.39, 0.29) is 12.2 Å². The summed E-state index contributed by atoms with van der Waals surface area (Å²) in [7, 11) is 0. The van der Waals surface area contributed by atoms with Crippen LogP contribution in [0.1, 0.15) is 12.8 Å². The van der Waals surface area contributed by atoms with Gasteiger partial charge in [-0.2, -0.15) is 0 Å². The second-order valence-corrected chi connectivity index (χ2v) is 5.06. The maximum atomic E-state index is 11.7. The fraction of sp³-hybridized carbons (Fsp3) is 0.500. The average molecular weight is 261 g/mol. The van der Waals surface area contributed by atoms with E-state index >= 15 is 0 Å². The number of benzene rings is 1. The first-order chi connectivity index (χ1) is 9.28. The highest BCUT2D eigenvalue weighted by Gasteiger charge is 2.31. The number of amides is 1. The number of nitrogens with zero attached hydrogens (tertiary/aromatic N) is 2. The highest BCUT2D eigenvalue weighted by molar-refractivity contribution is 5.90. The molecule has 0 aliphatic carbocycles. The van der Waals surface area contributed by atoms with Crippen molar-refractivity contribution in [3.8, 4) is 0 Å². The molecule has 1 aromatic rings. The SMILES string of the molecule is NCC1CN(c2ccc(N3CCCC3)cc2)C(=O)O1. The van der Waals surface area contributed by atoms with Gasteiger partial charge in [-0.1, -0.05) is 0 Å². The third-order valence-electron chi connectivity index (χ3n) is 3.77. The van der Waals surface area contributed by atoms with Crippen molar-refractivity contribution in [1.29, 1.82) is 0 Å². The molecule has 1 atom stereocenters. The molecule has 2 fully saturated rings. The summed E-state index contributed by atoms with van der Waals surface area (Å²) in [6.45, 7) is 3.16. The molecule has 2 N–H and O–H groups in total. The van der Waals surface area contributed by atoms with Crippen molar-refractivity contribution in [3.05, 3.63) is 24.3 Å². The summed E-state index contributed by atoms with van der Waals surface area (Å²) in [5.74, 6) is 0. The van der Waals surface area contributed by atoms with Crippen molar-refractivity contribution in [2.24, 2.45) is 5.73 Å². The normalized spacial score (nSPS) is 23.0. The maximum absolute atomic E-state index is 11.7. The van der Waals surface area contributed by atoms with E-state index in [2.05, 4.69) is 17.0 Å². The summed E-state index contributed by atoms with van der Waals surface area (Å²) in [5.41, 5.74) is 7.64. The lowest BCUT2D eigenvalue weighted by Gasteiger charge is -2.19. The summed E-state index contributed by atoms with van der Waals surface area (Å²) < 4.78 is 5.16. The Bertz CT molecular complexity index is 454. The second kappa shape index (κ2) is 5.09. The van der Waals surface area contributed by atoms with Crippen molar-refractivity contribution in [3.63, 3.8) is 0 Å². The molecule has 0 saturated carbocycles. The van der Waals surface area contributed by atoms with Crippen LogP contribution < -0.4 is 15.5 Å². The van der Waals surface area contributed by atoms with Crippen molar-refractivity contribution < 1.29 is 9.53 Å². The Morgan fingerprint density at radius 2 is 1.79 bits per heavy atom. The van der Waals surface area contributed by atoms with E-state index in [1.165, 1.54) is 18.5 Å². The Balaban J connectivity index is 1.73. The minimum atomic E-state index is -0.302. The summed E-state index contributed by atoms with van der Waals surface area (Å²) in [4.78, 5) is 15.7. The van der Waals surface area contributed by atoms with Gasteiger partial charge in [-0.15, -0.1) is 0 Å². The molecule has 5 nitrogen and oxygen atoms in total. The molecule has 0 radical (unpaired) electrons. The van der Waals surface area contributed by atoms with Gasteiger partial charge >= 0.3 is 6.09 Å². The van der Waals surface area contributed by atoms with E-state index in [9.17, 15) is 4.79 Å². The van der Waals surface area contributed by atoms with E-state index in [1.807, 2.05) is 12.1 Å². The molecule has 0 aromatic heterocycles. The van der Waals surface area contributed by atoms with Gasteiger partial charge < -0.3 is 15.4 Å². The van der Waals surface area contributed by atoms with Crippen LogP contribution in [0.15, 0.2) is 24.3 Å². The van der Waals surface area contributed by atoms with Gasteiger partial charge in [-0.25, -0.2) is 4.79 Å². The smallest absolute Gasteiger partial charge is 0.414 e. The fourth-order valence-corrected chi connectivity index (χ4v) is 2.67. The van der Waals surface area contributed by atoms with Gasteiger partial charge in [0.25, 0.3) is 0 Å². The molecule has 0 spiro atoms. The van der Waals surface area contributed by atoms with E-state index in [1.54, 1.807) is 4.90 Å². The van der Waals surface area contributed by atoms with Crippen molar-refractivity contribution >= 4 is 17.5 Å². The first-order valence-electron chi connectivity index (χ1n) is 6.81. The maximum Gasteiger partial charge on any atom is 0.414 e. The Morgan fingerprint density at radius 1 is 1.16 bits per heavy atom. The van der Waals surface area contributed by atoms with Crippen LogP contribution in [0.5, 0.6) is 0 Å². The molecule has 0 bridgehead atoms. The van der Waals surface area contributed by atoms with E-state index in [0.29, 0.717) is 13.1 Å². The lowest BCUT2D eigenvalue weighted by Crippen LogP contribution is -2.27.